The number of hydrogen-bond acceptors (Lipinski definition) is 2. The monoisotopic (exact) mass is 325 g/mol. The van der Waals surface area contributed by atoms with Gasteiger partial charge >= 0.3 is 0 Å². The van der Waals surface area contributed by atoms with Gasteiger partial charge in [0.2, 0.25) is 0 Å². The number of nitrogens with two attached hydrogens (primary N) is 1. The van der Waals surface area contributed by atoms with Gasteiger partial charge in [0.1, 0.15) is 12.4 Å². The molecule has 0 aliphatic heterocycles. The number of hydrogen-bond donors (Lipinski definition) is 1. The van der Waals surface area contributed by atoms with Gasteiger partial charge in [-0.25, -0.2) is 0 Å². The first-order chi connectivity index (χ1) is 8.72. The van der Waals surface area contributed by atoms with Crippen molar-refractivity contribution in [2.45, 2.75) is 13.2 Å². The summed E-state index contributed by atoms with van der Waals surface area (Å²) in [7, 11) is 0. The lowest BCUT2D eigenvalue weighted by atomic mass is 10.2. The van der Waals surface area contributed by atoms with E-state index in [9.17, 15) is 0 Å². The van der Waals surface area contributed by atoms with Crippen LogP contribution in [-0.4, -0.2) is 0 Å². The normalized spacial score (nSPS) is 10.4. The van der Waals surface area contributed by atoms with Crippen molar-refractivity contribution in [1.82, 2.24) is 0 Å². The van der Waals surface area contributed by atoms with Crippen molar-refractivity contribution in [3.05, 3.63) is 63.1 Å². The lowest BCUT2D eigenvalue weighted by Gasteiger charge is -2.12. The van der Waals surface area contributed by atoms with Crippen molar-refractivity contribution in [2.75, 3.05) is 0 Å². The molecule has 2 nitrogen and oxygen atoms in total. The molecule has 0 atom stereocenters. The van der Waals surface area contributed by atoms with Crippen LogP contribution in [-0.2, 0) is 13.2 Å². The molecule has 0 bridgehead atoms. The first kappa shape index (κ1) is 13.4. The van der Waals surface area contributed by atoms with Gasteiger partial charge in [-0.3, -0.25) is 0 Å². The smallest absolute Gasteiger partial charge is 0.142 e. The van der Waals surface area contributed by atoms with Crippen molar-refractivity contribution in [3.8, 4) is 5.75 Å². The molecule has 4 heteroatoms. The summed E-state index contributed by atoms with van der Waals surface area (Å²) in [6.45, 7) is 0.865. The Balaban J connectivity index is 2.18. The van der Waals surface area contributed by atoms with Crippen LogP contribution >= 0.6 is 27.5 Å². The fraction of sp³-hybridized carbons (Fsp3) is 0.143. The molecule has 2 aromatic rings. The summed E-state index contributed by atoms with van der Waals surface area (Å²) < 4.78 is 6.80. The standard InChI is InChI=1S/C14H13BrClNO/c15-12-6-2-1-4-11(12)9-18-14-10(8-17)5-3-7-13(14)16/h1-7H,8-9,17H2. The highest BCUT2D eigenvalue weighted by atomic mass is 79.9. The number of para-hydroxylation sites is 1. The van der Waals surface area contributed by atoms with Crippen LogP contribution in [0, 0.1) is 0 Å². The molecule has 0 amide bonds. The van der Waals surface area contributed by atoms with E-state index < -0.39 is 0 Å². The van der Waals surface area contributed by atoms with Crippen molar-refractivity contribution in [3.63, 3.8) is 0 Å². The first-order valence-corrected chi connectivity index (χ1v) is 6.73. The van der Waals surface area contributed by atoms with E-state index in [1.807, 2.05) is 36.4 Å². The van der Waals surface area contributed by atoms with Crippen LogP contribution in [0.1, 0.15) is 11.1 Å². The highest BCUT2D eigenvalue weighted by molar-refractivity contribution is 9.10. The number of rotatable bonds is 4. The Bertz CT molecular complexity index is 545. The van der Waals surface area contributed by atoms with E-state index in [2.05, 4.69) is 15.9 Å². The summed E-state index contributed by atoms with van der Waals surface area (Å²) in [5, 5.41) is 0.588. The van der Waals surface area contributed by atoms with Gasteiger partial charge < -0.3 is 10.5 Å². The van der Waals surface area contributed by atoms with Gasteiger partial charge in [0, 0.05) is 22.1 Å². The molecule has 0 heterocycles. The third kappa shape index (κ3) is 3.05. The zero-order valence-corrected chi connectivity index (χ0v) is 12.0. The topological polar surface area (TPSA) is 35.2 Å². The molecule has 2 N–H and O–H groups in total. The minimum atomic E-state index is 0.409. The van der Waals surface area contributed by atoms with Gasteiger partial charge in [-0.15, -0.1) is 0 Å². The van der Waals surface area contributed by atoms with Crippen molar-refractivity contribution >= 4 is 27.5 Å². The fourth-order valence-corrected chi connectivity index (χ4v) is 2.29. The van der Waals surface area contributed by atoms with E-state index in [0.717, 1.165) is 15.6 Å². The molecule has 0 spiro atoms. The molecule has 0 fully saturated rings. The SMILES string of the molecule is NCc1cccc(Cl)c1OCc1ccccc1Br. The van der Waals surface area contributed by atoms with Crippen LogP contribution in [0.25, 0.3) is 0 Å². The summed E-state index contributed by atoms with van der Waals surface area (Å²) in [6, 6.07) is 13.5. The van der Waals surface area contributed by atoms with Gasteiger partial charge in [-0.1, -0.05) is 57.9 Å². The third-order valence-corrected chi connectivity index (χ3v) is 3.67. The van der Waals surface area contributed by atoms with Crippen LogP contribution in [0.4, 0.5) is 0 Å². The molecular weight excluding hydrogens is 314 g/mol. The largest absolute Gasteiger partial charge is 0.487 e. The number of benzene rings is 2. The van der Waals surface area contributed by atoms with Gasteiger partial charge in [0.05, 0.1) is 5.02 Å². The highest BCUT2D eigenvalue weighted by Gasteiger charge is 2.08. The second-order valence-electron chi connectivity index (χ2n) is 3.81. The van der Waals surface area contributed by atoms with Crippen LogP contribution in [0.5, 0.6) is 5.75 Å². The minimum absolute atomic E-state index is 0.409. The number of ether oxygens (including phenoxy) is 1. The van der Waals surface area contributed by atoms with E-state index in [0.29, 0.717) is 23.9 Å². The molecular formula is C14H13BrClNO. The molecule has 0 saturated carbocycles. The predicted octanol–water partition coefficient (Wildman–Crippen LogP) is 4.14. The average Bonchev–Trinajstić information content (AvgIpc) is 2.39. The molecule has 0 aromatic heterocycles. The Morgan fingerprint density at radius 2 is 1.78 bits per heavy atom. The summed E-state index contributed by atoms with van der Waals surface area (Å²) in [4.78, 5) is 0. The third-order valence-electron chi connectivity index (χ3n) is 2.60. The van der Waals surface area contributed by atoms with Gasteiger partial charge in [-0.2, -0.15) is 0 Å². The maximum atomic E-state index is 6.12. The molecule has 0 unspecified atom stereocenters. The predicted molar refractivity (Wildman–Crippen MR) is 77.8 cm³/mol. The van der Waals surface area contributed by atoms with Crippen LogP contribution in [0.3, 0.4) is 0 Å². The van der Waals surface area contributed by atoms with Gasteiger partial charge in [0.15, 0.2) is 0 Å². The Labute approximate surface area is 120 Å². The summed E-state index contributed by atoms with van der Waals surface area (Å²) in [5.74, 6) is 0.664. The van der Waals surface area contributed by atoms with E-state index in [1.54, 1.807) is 6.07 Å². The lowest BCUT2D eigenvalue weighted by Crippen LogP contribution is -2.03. The Kier molecular flexibility index (Phi) is 4.64. The Morgan fingerprint density at radius 3 is 2.50 bits per heavy atom. The van der Waals surface area contributed by atoms with E-state index >= 15 is 0 Å². The second kappa shape index (κ2) is 6.23. The lowest BCUT2D eigenvalue weighted by molar-refractivity contribution is 0.302. The molecule has 2 rings (SSSR count). The van der Waals surface area contributed by atoms with Crippen LogP contribution < -0.4 is 10.5 Å². The molecule has 0 saturated heterocycles. The second-order valence-corrected chi connectivity index (χ2v) is 5.07. The molecule has 0 radical (unpaired) electrons. The molecule has 2 aromatic carbocycles. The van der Waals surface area contributed by atoms with Crippen molar-refractivity contribution in [2.24, 2.45) is 5.73 Å². The molecule has 18 heavy (non-hydrogen) atoms. The maximum Gasteiger partial charge on any atom is 0.142 e. The number of halogens is 2. The minimum Gasteiger partial charge on any atom is -0.487 e. The Morgan fingerprint density at radius 1 is 1.06 bits per heavy atom. The molecule has 0 aliphatic rings. The summed E-state index contributed by atoms with van der Waals surface area (Å²) in [5.41, 5.74) is 7.65. The van der Waals surface area contributed by atoms with Crippen molar-refractivity contribution < 1.29 is 4.74 Å². The summed E-state index contributed by atoms with van der Waals surface area (Å²) in [6.07, 6.45) is 0. The highest BCUT2D eigenvalue weighted by Crippen LogP contribution is 2.29. The fourth-order valence-electron chi connectivity index (χ4n) is 1.64. The Hall–Kier alpha value is -1.03. The molecule has 94 valence electrons. The summed E-state index contributed by atoms with van der Waals surface area (Å²) >= 11 is 9.61. The van der Waals surface area contributed by atoms with E-state index in [-0.39, 0.29) is 0 Å². The zero-order valence-electron chi connectivity index (χ0n) is 9.70. The van der Waals surface area contributed by atoms with Gasteiger partial charge in [0.25, 0.3) is 0 Å². The van der Waals surface area contributed by atoms with E-state index in [4.69, 9.17) is 22.1 Å². The molecule has 0 aliphatic carbocycles. The maximum absolute atomic E-state index is 6.12. The van der Waals surface area contributed by atoms with Crippen molar-refractivity contribution in [1.29, 1.82) is 0 Å². The quantitative estimate of drug-likeness (QED) is 0.916. The average molecular weight is 327 g/mol. The first-order valence-electron chi connectivity index (χ1n) is 5.56. The van der Waals surface area contributed by atoms with E-state index in [1.165, 1.54) is 0 Å². The van der Waals surface area contributed by atoms with Crippen LogP contribution in [0.2, 0.25) is 5.02 Å². The zero-order chi connectivity index (χ0) is 13.0. The van der Waals surface area contributed by atoms with Gasteiger partial charge in [-0.05, 0) is 12.1 Å². The van der Waals surface area contributed by atoms with Crippen LogP contribution in [0.15, 0.2) is 46.9 Å².